The van der Waals surface area contributed by atoms with Gasteiger partial charge in [-0.15, -0.1) is 0 Å². The van der Waals surface area contributed by atoms with E-state index in [0.717, 1.165) is 25.2 Å². The molecule has 1 fully saturated rings. The normalized spacial score (nSPS) is 17.3. The lowest BCUT2D eigenvalue weighted by Gasteiger charge is -2.17. The second-order valence-electron chi connectivity index (χ2n) is 6.12. The van der Waals surface area contributed by atoms with Crippen molar-refractivity contribution in [3.8, 4) is 5.75 Å². The topological polar surface area (TPSA) is 53.6 Å². The molecule has 2 aromatic carbocycles. The number of nitrogens with one attached hydrogen (secondary N) is 2. The molecule has 1 amide bonds. The van der Waals surface area contributed by atoms with Crippen LogP contribution in [0, 0.1) is 0 Å². The Morgan fingerprint density at radius 2 is 2.08 bits per heavy atom. The fraction of sp³-hybridized carbons (Fsp3) is 0.316. The first-order valence-electron chi connectivity index (χ1n) is 8.31. The molecule has 1 aliphatic rings. The number of ether oxygens (including phenoxy) is 1. The molecule has 0 spiro atoms. The summed E-state index contributed by atoms with van der Waals surface area (Å²) in [5, 5.41) is 6.95. The van der Waals surface area contributed by atoms with E-state index in [4.69, 9.17) is 16.3 Å². The fourth-order valence-electron chi connectivity index (χ4n) is 3.03. The van der Waals surface area contributed by atoms with Crippen molar-refractivity contribution in [3.05, 3.63) is 53.6 Å². The van der Waals surface area contributed by atoms with Gasteiger partial charge in [0, 0.05) is 29.8 Å². The third-order valence-corrected chi connectivity index (χ3v) is 4.45. The van der Waals surface area contributed by atoms with Crippen LogP contribution in [0.3, 0.4) is 0 Å². The number of carbonyl (C=O) groups is 1. The van der Waals surface area contributed by atoms with Crippen molar-refractivity contribution in [2.45, 2.75) is 12.5 Å². The Morgan fingerprint density at radius 1 is 1.28 bits per heavy atom. The highest BCUT2D eigenvalue weighted by atomic mass is 35.5. The zero-order chi connectivity index (χ0) is 17.6. The average molecular weight is 360 g/mol. The SMILES string of the molecule is COc1ccc(Cl)cc1NC(=O)CN1CCC(Nc2ccccc2)C1. The smallest absolute Gasteiger partial charge is 0.238 e. The largest absolute Gasteiger partial charge is 0.495 e. The molecule has 5 nitrogen and oxygen atoms in total. The molecule has 0 bridgehead atoms. The predicted molar refractivity (Wildman–Crippen MR) is 102 cm³/mol. The van der Waals surface area contributed by atoms with Crippen LogP contribution >= 0.6 is 11.6 Å². The van der Waals surface area contributed by atoms with Crippen LogP contribution < -0.4 is 15.4 Å². The van der Waals surface area contributed by atoms with Crippen LogP contribution in [0.2, 0.25) is 5.02 Å². The lowest BCUT2D eigenvalue weighted by Crippen LogP contribution is -2.33. The second kappa shape index (κ2) is 8.23. The van der Waals surface area contributed by atoms with E-state index in [1.807, 2.05) is 18.2 Å². The Kier molecular flexibility index (Phi) is 5.79. The molecule has 6 heteroatoms. The number of nitrogens with zero attached hydrogens (tertiary/aromatic N) is 1. The molecule has 1 saturated heterocycles. The maximum absolute atomic E-state index is 12.3. The third kappa shape index (κ3) is 4.87. The number of benzene rings is 2. The molecule has 1 aliphatic heterocycles. The fourth-order valence-corrected chi connectivity index (χ4v) is 3.21. The number of halogens is 1. The Labute approximate surface area is 152 Å². The van der Waals surface area contributed by atoms with Crippen molar-refractivity contribution in [1.82, 2.24) is 4.90 Å². The van der Waals surface area contributed by atoms with Crippen molar-refractivity contribution in [2.75, 3.05) is 37.4 Å². The number of hydrogen-bond donors (Lipinski definition) is 2. The molecule has 132 valence electrons. The van der Waals surface area contributed by atoms with E-state index >= 15 is 0 Å². The van der Waals surface area contributed by atoms with Crippen molar-refractivity contribution in [1.29, 1.82) is 0 Å². The van der Waals surface area contributed by atoms with E-state index in [0.29, 0.717) is 29.0 Å². The van der Waals surface area contributed by atoms with Gasteiger partial charge in [-0.3, -0.25) is 9.69 Å². The number of hydrogen-bond acceptors (Lipinski definition) is 4. The Bertz CT molecular complexity index is 724. The van der Waals surface area contributed by atoms with Gasteiger partial charge in [0.15, 0.2) is 0 Å². The molecule has 25 heavy (non-hydrogen) atoms. The van der Waals surface area contributed by atoms with Crippen molar-refractivity contribution in [3.63, 3.8) is 0 Å². The lowest BCUT2D eigenvalue weighted by atomic mass is 10.2. The highest BCUT2D eigenvalue weighted by molar-refractivity contribution is 6.31. The van der Waals surface area contributed by atoms with Crippen LogP contribution in [0.1, 0.15) is 6.42 Å². The Morgan fingerprint density at radius 3 is 2.84 bits per heavy atom. The van der Waals surface area contributed by atoms with Gasteiger partial charge in [-0.25, -0.2) is 0 Å². The summed E-state index contributed by atoms with van der Waals surface area (Å²) in [6.45, 7) is 2.09. The summed E-state index contributed by atoms with van der Waals surface area (Å²) in [7, 11) is 1.57. The molecule has 1 unspecified atom stereocenters. The van der Waals surface area contributed by atoms with Gasteiger partial charge in [-0.1, -0.05) is 29.8 Å². The van der Waals surface area contributed by atoms with Crippen molar-refractivity contribution in [2.24, 2.45) is 0 Å². The minimum absolute atomic E-state index is 0.0686. The first kappa shape index (κ1) is 17.6. The van der Waals surface area contributed by atoms with Crippen LogP contribution in [0.4, 0.5) is 11.4 Å². The molecule has 2 N–H and O–H groups in total. The lowest BCUT2D eigenvalue weighted by molar-refractivity contribution is -0.117. The van der Waals surface area contributed by atoms with Gasteiger partial charge in [0.05, 0.1) is 19.3 Å². The van der Waals surface area contributed by atoms with E-state index in [1.165, 1.54) is 0 Å². The summed E-state index contributed by atoms with van der Waals surface area (Å²) in [5.41, 5.74) is 1.71. The summed E-state index contributed by atoms with van der Waals surface area (Å²) in [5.74, 6) is 0.531. The number of carbonyl (C=O) groups excluding carboxylic acids is 1. The highest BCUT2D eigenvalue weighted by Gasteiger charge is 2.24. The van der Waals surface area contributed by atoms with E-state index in [9.17, 15) is 4.79 Å². The molecule has 3 rings (SSSR count). The molecule has 0 aromatic heterocycles. The number of rotatable bonds is 6. The maximum Gasteiger partial charge on any atom is 0.238 e. The van der Waals surface area contributed by atoms with Crippen molar-refractivity contribution >= 4 is 28.9 Å². The van der Waals surface area contributed by atoms with Crippen LogP contribution in [0.5, 0.6) is 5.75 Å². The molecular weight excluding hydrogens is 338 g/mol. The van der Waals surface area contributed by atoms with Gasteiger partial charge >= 0.3 is 0 Å². The molecule has 2 aromatic rings. The monoisotopic (exact) mass is 359 g/mol. The predicted octanol–water partition coefficient (Wildman–Crippen LogP) is 3.47. The summed E-state index contributed by atoms with van der Waals surface area (Å²) in [4.78, 5) is 14.5. The van der Waals surface area contributed by atoms with Gasteiger partial charge in [-0.05, 0) is 36.8 Å². The Balaban J connectivity index is 1.51. The summed E-state index contributed by atoms with van der Waals surface area (Å²) < 4.78 is 5.26. The quantitative estimate of drug-likeness (QED) is 0.829. The minimum atomic E-state index is -0.0686. The Hall–Kier alpha value is -2.24. The standard InChI is InChI=1S/C19H22ClN3O2/c1-25-18-8-7-14(20)11-17(18)22-19(24)13-23-10-9-16(12-23)21-15-5-3-2-4-6-15/h2-8,11,16,21H,9-10,12-13H2,1H3,(H,22,24). The number of methoxy groups -OCH3 is 1. The minimum Gasteiger partial charge on any atom is -0.495 e. The van der Waals surface area contributed by atoms with E-state index in [2.05, 4.69) is 27.7 Å². The first-order chi connectivity index (χ1) is 12.1. The maximum atomic E-state index is 12.3. The molecule has 0 saturated carbocycles. The van der Waals surface area contributed by atoms with Crippen LogP contribution in [-0.4, -0.2) is 43.6 Å². The van der Waals surface area contributed by atoms with Crippen molar-refractivity contribution < 1.29 is 9.53 Å². The van der Waals surface area contributed by atoms with Gasteiger partial charge in [0.1, 0.15) is 5.75 Å². The number of anilines is 2. The van der Waals surface area contributed by atoms with E-state index in [1.54, 1.807) is 25.3 Å². The van der Waals surface area contributed by atoms with Gasteiger partial charge < -0.3 is 15.4 Å². The van der Waals surface area contributed by atoms with Gasteiger partial charge in [0.2, 0.25) is 5.91 Å². The second-order valence-corrected chi connectivity index (χ2v) is 6.56. The van der Waals surface area contributed by atoms with Crippen LogP contribution in [0.15, 0.2) is 48.5 Å². The van der Waals surface area contributed by atoms with E-state index < -0.39 is 0 Å². The first-order valence-corrected chi connectivity index (χ1v) is 8.69. The molecule has 0 radical (unpaired) electrons. The van der Waals surface area contributed by atoms with E-state index in [-0.39, 0.29) is 5.91 Å². The number of amides is 1. The highest BCUT2D eigenvalue weighted by Crippen LogP contribution is 2.27. The zero-order valence-corrected chi connectivity index (χ0v) is 14.9. The van der Waals surface area contributed by atoms with Crippen LogP contribution in [0.25, 0.3) is 0 Å². The average Bonchev–Trinajstić information content (AvgIpc) is 3.02. The number of para-hydroxylation sites is 1. The summed E-state index contributed by atoms with van der Waals surface area (Å²) in [6, 6.07) is 15.7. The third-order valence-electron chi connectivity index (χ3n) is 4.22. The molecule has 1 heterocycles. The molecule has 0 aliphatic carbocycles. The molecule has 1 atom stereocenters. The van der Waals surface area contributed by atoms with Crippen LogP contribution in [-0.2, 0) is 4.79 Å². The van der Waals surface area contributed by atoms with Gasteiger partial charge in [-0.2, -0.15) is 0 Å². The van der Waals surface area contributed by atoms with Gasteiger partial charge in [0.25, 0.3) is 0 Å². The summed E-state index contributed by atoms with van der Waals surface area (Å²) in [6.07, 6.45) is 1.02. The summed E-state index contributed by atoms with van der Waals surface area (Å²) >= 11 is 6.00. The molecular formula is C19H22ClN3O2. The number of likely N-dealkylation sites (tertiary alicyclic amines) is 1. The zero-order valence-electron chi connectivity index (χ0n) is 14.2.